The largest absolute Gasteiger partial charge is 0.490 e. The van der Waals surface area contributed by atoms with Crippen molar-refractivity contribution in [2.75, 3.05) is 38.1 Å². The van der Waals surface area contributed by atoms with Gasteiger partial charge in [-0.2, -0.15) is 8.42 Å². The third kappa shape index (κ3) is 9.78. The fourth-order valence-electron chi connectivity index (χ4n) is 5.62. The van der Waals surface area contributed by atoms with Crippen molar-refractivity contribution < 1.29 is 37.7 Å². The van der Waals surface area contributed by atoms with Crippen LogP contribution in [0.1, 0.15) is 66.3 Å². The summed E-state index contributed by atoms with van der Waals surface area (Å²) in [6, 6.07) is 10.8. The summed E-state index contributed by atoms with van der Waals surface area (Å²) in [7, 11) is -0.386. The molecule has 3 N–H and O–H groups in total. The molecule has 0 fully saturated rings. The van der Waals surface area contributed by atoms with E-state index in [-0.39, 0.29) is 53.1 Å². The Kier molecular flexibility index (Phi) is 12.6. The summed E-state index contributed by atoms with van der Waals surface area (Å²) < 4.78 is 42.8. The molecule has 1 aromatic heterocycles. The third-order valence-electron chi connectivity index (χ3n) is 8.41. The minimum absolute atomic E-state index is 0.154. The van der Waals surface area contributed by atoms with Crippen LogP contribution in [0.5, 0.6) is 5.75 Å². The van der Waals surface area contributed by atoms with E-state index in [9.17, 15) is 28.2 Å². The quantitative estimate of drug-likeness (QED) is 0.286. The molecule has 4 atom stereocenters. The van der Waals surface area contributed by atoms with E-state index in [0.717, 1.165) is 18.4 Å². The first-order valence-electron chi connectivity index (χ1n) is 16.1. The topological polar surface area (TPSA) is 164 Å². The Labute approximate surface area is 282 Å². The van der Waals surface area contributed by atoms with Crippen LogP contribution >= 0.6 is 0 Å². The second-order valence-electron chi connectivity index (χ2n) is 12.7. The number of carboxylic acid groups (broad SMARTS) is 1. The molecule has 0 saturated carbocycles. The number of aromatic carboxylic acids is 1. The summed E-state index contributed by atoms with van der Waals surface area (Å²) >= 11 is 0. The van der Waals surface area contributed by atoms with Crippen LogP contribution in [-0.2, 0) is 28.4 Å². The van der Waals surface area contributed by atoms with Gasteiger partial charge in [0.1, 0.15) is 5.75 Å². The van der Waals surface area contributed by atoms with Crippen LogP contribution in [0.3, 0.4) is 0 Å². The van der Waals surface area contributed by atoms with Gasteiger partial charge in [0.2, 0.25) is 0 Å². The van der Waals surface area contributed by atoms with Crippen molar-refractivity contribution in [2.45, 2.75) is 69.9 Å². The molecule has 0 spiro atoms. The average Bonchev–Trinajstić information content (AvgIpc) is 3.49. The molecule has 13 nitrogen and oxygen atoms in total. The minimum atomic E-state index is -4.02. The Bertz CT molecular complexity index is 1650. The lowest BCUT2D eigenvalue weighted by molar-refractivity contribution is -0.0177. The number of hydrogen-bond donors (Lipinski definition) is 3. The van der Waals surface area contributed by atoms with Gasteiger partial charge in [0, 0.05) is 51.1 Å². The zero-order valence-corrected chi connectivity index (χ0v) is 29.0. The summed E-state index contributed by atoms with van der Waals surface area (Å²) in [6.07, 6.45) is 4.65. The number of benzene rings is 2. The van der Waals surface area contributed by atoms with E-state index in [1.807, 2.05) is 20.9 Å². The van der Waals surface area contributed by atoms with Crippen molar-refractivity contribution in [3.8, 4) is 5.75 Å². The molecule has 262 valence electrons. The van der Waals surface area contributed by atoms with Crippen LogP contribution in [0.4, 0.5) is 5.69 Å². The molecule has 48 heavy (non-hydrogen) atoms. The lowest BCUT2D eigenvalue weighted by Gasteiger charge is -2.36. The Morgan fingerprint density at radius 1 is 1.17 bits per heavy atom. The average molecular weight is 686 g/mol. The fourth-order valence-corrected chi connectivity index (χ4v) is 6.65. The molecule has 14 heteroatoms. The van der Waals surface area contributed by atoms with Crippen molar-refractivity contribution in [1.29, 1.82) is 0 Å². The van der Waals surface area contributed by atoms with Gasteiger partial charge in [-0.1, -0.05) is 19.1 Å². The number of likely N-dealkylation sites (N-methyl/N-ethyl adjacent to an activating group) is 1. The predicted octanol–water partition coefficient (Wildman–Crippen LogP) is 3.85. The Hall–Kier alpha value is -3.98. The van der Waals surface area contributed by atoms with Crippen LogP contribution < -0.4 is 9.46 Å². The van der Waals surface area contributed by atoms with Gasteiger partial charge in [-0.15, -0.1) is 0 Å². The van der Waals surface area contributed by atoms with E-state index in [2.05, 4.69) is 14.6 Å². The maximum Gasteiger partial charge on any atom is 0.335 e. The standard InChI is InChI=1S/C34H47N5O8S/c1-23-17-39(24(2)21-40)33(41)29-16-28(36-48(44,45)32-20-38(5)22-35-32)13-14-30(29)47-25(3)8-6-7-15-46-31(23)19-37(4)18-26-9-11-27(12-10-26)34(42)43/h9-14,16,20,22-25,31,36,40H,6-8,15,17-19,21H2,1-5H3,(H,42,43)/t23-,24+,25+,31-/m0/s1. The first-order chi connectivity index (χ1) is 22.8. The second kappa shape index (κ2) is 16.4. The van der Waals surface area contributed by atoms with Gasteiger partial charge in [-0.25, -0.2) is 9.78 Å². The highest BCUT2D eigenvalue weighted by Crippen LogP contribution is 2.29. The number of imidazole rings is 1. The van der Waals surface area contributed by atoms with Crippen molar-refractivity contribution in [3.63, 3.8) is 0 Å². The monoisotopic (exact) mass is 685 g/mol. The molecule has 1 amide bonds. The summed E-state index contributed by atoms with van der Waals surface area (Å²) in [4.78, 5) is 33.2. The Morgan fingerprint density at radius 2 is 1.90 bits per heavy atom. The number of fused-ring (bicyclic) bond motifs is 1. The van der Waals surface area contributed by atoms with E-state index < -0.39 is 27.9 Å². The predicted molar refractivity (Wildman–Crippen MR) is 181 cm³/mol. The summed E-state index contributed by atoms with van der Waals surface area (Å²) in [5.74, 6) is -1.21. The number of nitrogens with zero attached hydrogens (tertiary/aromatic N) is 4. The van der Waals surface area contributed by atoms with Crippen molar-refractivity contribution in [1.82, 2.24) is 19.4 Å². The number of hydrogen-bond acceptors (Lipinski definition) is 9. The number of carbonyl (C=O) groups is 2. The Balaban J connectivity index is 1.61. The number of carbonyl (C=O) groups excluding carboxylic acids is 1. The highest BCUT2D eigenvalue weighted by Gasteiger charge is 2.31. The van der Waals surface area contributed by atoms with E-state index in [4.69, 9.17) is 9.47 Å². The van der Waals surface area contributed by atoms with Gasteiger partial charge in [0.15, 0.2) is 5.03 Å². The molecule has 0 saturated heterocycles. The summed E-state index contributed by atoms with van der Waals surface area (Å²) in [5, 5.41) is 19.3. The number of sulfonamides is 1. The smallest absolute Gasteiger partial charge is 0.335 e. The van der Waals surface area contributed by atoms with Crippen LogP contribution in [0, 0.1) is 5.92 Å². The van der Waals surface area contributed by atoms with E-state index in [1.165, 1.54) is 23.2 Å². The highest BCUT2D eigenvalue weighted by molar-refractivity contribution is 7.92. The van der Waals surface area contributed by atoms with E-state index >= 15 is 0 Å². The van der Waals surface area contributed by atoms with Crippen molar-refractivity contribution in [3.05, 3.63) is 71.7 Å². The first kappa shape index (κ1) is 36.8. The SMILES string of the molecule is C[C@@H]1CCCCO[C@@H](CN(C)Cc2ccc(C(=O)O)cc2)[C@@H](C)CN([C@H](C)CO)C(=O)c2cc(NS(=O)(=O)c3cn(C)cn3)ccc2O1. The second-order valence-corrected chi connectivity index (χ2v) is 14.3. The molecule has 3 aromatic rings. The number of amides is 1. The lowest BCUT2D eigenvalue weighted by atomic mass is 10.0. The number of ether oxygens (including phenoxy) is 2. The molecule has 0 unspecified atom stereocenters. The molecule has 2 heterocycles. The van der Waals surface area contributed by atoms with Crippen molar-refractivity contribution in [2.24, 2.45) is 13.0 Å². The van der Waals surface area contributed by atoms with Gasteiger partial charge in [0.25, 0.3) is 15.9 Å². The van der Waals surface area contributed by atoms with Gasteiger partial charge >= 0.3 is 5.97 Å². The zero-order chi connectivity index (χ0) is 35.0. The molecular formula is C34H47N5O8S. The number of aromatic nitrogens is 2. The number of aryl methyl sites for hydroxylation is 1. The number of anilines is 1. The molecule has 0 bridgehead atoms. The Morgan fingerprint density at radius 3 is 2.54 bits per heavy atom. The van der Waals surface area contributed by atoms with Crippen LogP contribution in [0.25, 0.3) is 0 Å². The number of aliphatic hydroxyl groups excluding tert-OH is 1. The summed E-state index contributed by atoms with van der Waals surface area (Å²) in [6.45, 7) is 7.31. The maximum atomic E-state index is 14.3. The summed E-state index contributed by atoms with van der Waals surface area (Å²) in [5.41, 5.74) is 1.54. The normalized spacial score (nSPS) is 20.4. The van der Waals surface area contributed by atoms with Crippen LogP contribution in [0.2, 0.25) is 0 Å². The third-order valence-corrected chi connectivity index (χ3v) is 9.67. The number of aliphatic hydroxyl groups is 1. The minimum Gasteiger partial charge on any atom is -0.490 e. The zero-order valence-electron chi connectivity index (χ0n) is 28.2. The van der Waals surface area contributed by atoms with Crippen molar-refractivity contribution >= 4 is 27.6 Å². The molecular weight excluding hydrogens is 638 g/mol. The van der Waals surface area contributed by atoms with E-state index in [0.29, 0.717) is 31.9 Å². The van der Waals surface area contributed by atoms with Gasteiger partial charge in [-0.05, 0) is 76.1 Å². The first-order valence-corrected chi connectivity index (χ1v) is 17.6. The van der Waals surface area contributed by atoms with Gasteiger partial charge in [0.05, 0.1) is 42.3 Å². The fraction of sp³-hybridized carbons (Fsp3) is 0.500. The molecule has 4 rings (SSSR count). The highest BCUT2D eigenvalue weighted by atomic mass is 32.2. The van der Waals surface area contributed by atoms with Crippen LogP contribution in [-0.4, -0.2) is 101 Å². The van der Waals surface area contributed by atoms with E-state index in [1.54, 1.807) is 55.3 Å². The van der Waals surface area contributed by atoms with Crippen LogP contribution in [0.15, 0.2) is 60.0 Å². The van der Waals surface area contributed by atoms with Gasteiger partial charge < -0.3 is 29.2 Å². The molecule has 1 aliphatic rings. The molecule has 0 radical (unpaired) electrons. The molecule has 0 aliphatic carbocycles. The molecule has 2 aromatic carbocycles. The van der Waals surface area contributed by atoms with Gasteiger partial charge in [-0.3, -0.25) is 14.4 Å². The number of carboxylic acids is 1. The number of nitrogens with one attached hydrogen (secondary N) is 1. The maximum absolute atomic E-state index is 14.3. The molecule has 1 aliphatic heterocycles. The lowest BCUT2D eigenvalue weighted by Crippen LogP contribution is -2.47. The number of rotatable bonds is 10.